The largest absolute Gasteiger partial charge is 0.462 e. The second-order valence-corrected chi connectivity index (χ2v) is 17.9. The zero-order valence-corrected chi connectivity index (χ0v) is 42.0. The molecule has 0 heterocycles. The van der Waals surface area contributed by atoms with E-state index in [1.807, 2.05) is 60.8 Å². The van der Waals surface area contributed by atoms with Crippen molar-refractivity contribution in [2.75, 3.05) is 13.2 Å². The Bertz CT molecular complexity index is 1210. The van der Waals surface area contributed by atoms with Gasteiger partial charge in [-0.2, -0.15) is 0 Å². The fraction of sp³-hybridized carbons (Fsp3) is 0.741. The highest BCUT2D eigenvalue weighted by atomic mass is 16.6. The van der Waals surface area contributed by atoms with Gasteiger partial charge in [-0.25, -0.2) is 0 Å². The molecule has 0 N–H and O–H groups in total. The van der Waals surface area contributed by atoms with Gasteiger partial charge in [-0.05, 0) is 38.5 Å². The highest BCUT2D eigenvalue weighted by molar-refractivity contribution is 5.71. The van der Waals surface area contributed by atoms with Crippen molar-refractivity contribution in [2.45, 2.75) is 264 Å². The third kappa shape index (κ3) is 49.9. The summed E-state index contributed by atoms with van der Waals surface area (Å²) in [5.41, 5.74) is 0. The number of esters is 3. The monoisotopic (exact) mass is 893 g/mol. The summed E-state index contributed by atoms with van der Waals surface area (Å²) in [7, 11) is 0. The van der Waals surface area contributed by atoms with E-state index in [4.69, 9.17) is 14.2 Å². The average molecular weight is 893 g/mol. The van der Waals surface area contributed by atoms with Gasteiger partial charge in [0, 0.05) is 19.3 Å². The van der Waals surface area contributed by atoms with Gasteiger partial charge in [0.2, 0.25) is 0 Å². The smallest absolute Gasteiger partial charge is 0.306 e. The van der Waals surface area contributed by atoms with Crippen molar-refractivity contribution in [1.82, 2.24) is 0 Å². The van der Waals surface area contributed by atoms with Gasteiger partial charge in [0.05, 0.1) is 0 Å². The normalized spacial score (nSPS) is 12.6. The van der Waals surface area contributed by atoms with E-state index in [9.17, 15) is 14.4 Å². The fourth-order valence-corrected chi connectivity index (χ4v) is 7.59. The van der Waals surface area contributed by atoms with Crippen LogP contribution in [0.5, 0.6) is 0 Å². The van der Waals surface area contributed by atoms with Crippen LogP contribution in [0.2, 0.25) is 0 Å². The van der Waals surface area contributed by atoms with Crippen LogP contribution in [0.4, 0.5) is 0 Å². The first-order valence-corrected chi connectivity index (χ1v) is 27.0. The van der Waals surface area contributed by atoms with Crippen LogP contribution in [0.1, 0.15) is 258 Å². The molecular formula is C58H100O6. The molecule has 0 amide bonds. The summed E-state index contributed by atoms with van der Waals surface area (Å²) in [5.74, 6) is -0.924. The second-order valence-electron chi connectivity index (χ2n) is 17.9. The molecule has 368 valence electrons. The molecule has 0 aromatic rings. The maximum atomic E-state index is 12.8. The molecule has 0 aliphatic rings. The number of allylic oxidation sites excluding steroid dienone is 12. The van der Waals surface area contributed by atoms with Gasteiger partial charge in [0.1, 0.15) is 13.2 Å². The van der Waals surface area contributed by atoms with Crippen molar-refractivity contribution in [3.05, 3.63) is 72.9 Å². The van der Waals surface area contributed by atoms with Crippen molar-refractivity contribution >= 4 is 17.9 Å². The maximum absolute atomic E-state index is 12.8. The van der Waals surface area contributed by atoms with Gasteiger partial charge in [-0.1, -0.05) is 273 Å². The Kier molecular flexibility index (Phi) is 49.9. The Morgan fingerprint density at radius 2 is 0.609 bits per heavy atom. The Hall–Kier alpha value is -3.15. The van der Waals surface area contributed by atoms with Crippen LogP contribution in [0, 0.1) is 0 Å². The number of rotatable bonds is 48. The molecule has 0 aromatic heterocycles. The highest BCUT2D eigenvalue weighted by Crippen LogP contribution is 2.16. The number of hydrogen-bond donors (Lipinski definition) is 0. The van der Waals surface area contributed by atoms with Crippen LogP contribution >= 0.6 is 0 Å². The van der Waals surface area contributed by atoms with E-state index in [0.717, 1.165) is 70.6 Å². The van der Waals surface area contributed by atoms with Gasteiger partial charge in [0.25, 0.3) is 0 Å². The molecule has 0 aliphatic carbocycles. The van der Waals surface area contributed by atoms with Gasteiger partial charge in [-0.3, -0.25) is 14.4 Å². The number of ether oxygens (including phenoxy) is 3. The Balaban J connectivity index is 4.43. The minimum atomic E-state index is -0.790. The summed E-state index contributed by atoms with van der Waals surface area (Å²) >= 11 is 0. The first-order chi connectivity index (χ1) is 31.5. The minimum absolute atomic E-state index is 0.0866. The number of unbranched alkanes of at least 4 members (excludes halogenated alkanes) is 30. The third-order valence-electron chi connectivity index (χ3n) is 11.6. The molecule has 0 saturated heterocycles. The predicted octanol–water partition coefficient (Wildman–Crippen LogP) is 17.8. The van der Waals surface area contributed by atoms with Crippen molar-refractivity contribution in [3.8, 4) is 0 Å². The number of carbonyl (C=O) groups excluding carboxylic acids is 3. The molecule has 0 spiro atoms. The second kappa shape index (κ2) is 52.5. The first kappa shape index (κ1) is 60.9. The standard InChI is InChI=1S/C58H100O6/c1-4-7-10-13-16-19-22-25-27-29-31-33-36-39-42-45-48-51-57(60)63-54-55(53-62-56(59)50-47-44-41-38-35-24-21-18-15-12-9-6-3)64-58(61)52-49-46-43-40-37-34-32-30-28-26-23-20-17-14-11-8-5-2/h7,10,13,16,19,22,25,27,29,31,33,36,55H,4-6,8-9,11-12,14-15,17-18,20-21,23-24,26,28,30,32,34-35,37-54H2,1-3H3/b10-7-,16-13-,22-19-,27-25-,31-29+,36-33-. The van der Waals surface area contributed by atoms with Crippen molar-refractivity contribution in [3.63, 3.8) is 0 Å². The predicted molar refractivity (Wildman–Crippen MR) is 274 cm³/mol. The van der Waals surface area contributed by atoms with Crippen LogP contribution in [-0.4, -0.2) is 37.2 Å². The maximum Gasteiger partial charge on any atom is 0.306 e. The lowest BCUT2D eigenvalue weighted by molar-refractivity contribution is -0.167. The quantitative estimate of drug-likeness (QED) is 0.0262. The molecule has 0 saturated carbocycles. The Morgan fingerprint density at radius 1 is 0.328 bits per heavy atom. The van der Waals surface area contributed by atoms with Gasteiger partial charge >= 0.3 is 17.9 Å². The highest BCUT2D eigenvalue weighted by Gasteiger charge is 2.19. The molecule has 0 aliphatic heterocycles. The average Bonchev–Trinajstić information content (AvgIpc) is 3.29. The SMILES string of the molecule is CC\C=C/C=C\C=C/C=C\C=C\C=C/CCCCCC(=O)OCC(COC(=O)CCCCCCCCCCCCCC)OC(=O)CCCCCCCCCCCCCCCCCCC. The van der Waals surface area contributed by atoms with Crippen LogP contribution in [0.3, 0.4) is 0 Å². The van der Waals surface area contributed by atoms with E-state index >= 15 is 0 Å². The number of hydrogen-bond acceptors (Lipinski definition) is 6. The lowest BCUT2D eigenvalue weighted by atomic mass is 10.0. The third-order valence-corrected chi connectivity index (χ3v) is 11.6. The van der Waals surface area contributed by atoms with E-state index in [1.54, 1.807) is 0 Å². The molecule has 0 radical (unpaired) electrons. The van der Waals surface area contributed by atoms with Gasteiger partial charge in [0.15, 0.2) is 6.10 Å². The van der Waals surface area contributed by atoms with E-state index in [2.05, 4.69) is 32.9 Å². The van der Waals surface area contributed by atoms with E-state index in [1.165, 1.54) is 148 Å². The molecule has 0 bridgehead atoms. The molecule has 1 unspecified atom stereocenters. The molecule has 6 heteroatoms. The summed E-state index contributed by atoms with van der Waals surface area (Å²) in [6, 6.07) is 0. The summed E-state index contributed by atoms with van der Waals surface area (Å²) in [4.78, 5) is 38.0. The van der Waals surface area contributed by atoms with E-state index < -0.39 is 6.10 Å². The molecule has 6 nitrogen and oxygen atoms in total. The molecule has 0 fully saturated rings. The lowest BCUT2D eigenvalue weighted by Gasteiger charge is -2.18. The lowest BCUT2D eigenvalue weighted by Crippen LogP contribution is -2.30. The topological polar surface area (TPSA) is 78.9 Å². The molecule has 0 aromatic carbocycles. The summed E-state index contributed by atoms with van der Waals surface area (Å²) in [5, 5.41) is 0. The van der Waals surface area contributed by atoms with Crippen molar-refractivity contribution in [1.29, 1.82) is 0 Å². The van der Waals surface area contributed by atoms with E-state index in [-0.39, 0.29) is 31.1 Å². The van der Waals surface area contributed by atoms with Crippen molar-refractivity contribution < 1.29 is 28.6 Å². The Labute approximate surface area is 395 Å². The molecule has 1 atom stereocenters. The van der Waals surface area contributed by atoms with Crippen LogP contribution in [-0.2, 0) is 28.6 Å². The fourth-order valence-electron chi connectivity index (χ4n) is 7.59. The van der Waals surface area contributed by atoms with Crippen molar-refractivity contribution in [2.24, 2.45) is 0 Å². The zero-order valence-electron chi connectivity index (χ0n) is 42.0. The first-order valence-electron chi connectivity index (χ1n) is 27.0. The number of carbonyl (C=O) groups is 3. The summed E-state index contributed by atoms with van der Waals surface area (Å²) < 4.78 is 16.8. The molecular weight excluding hydrogens is 793 g/mol. The van der Waals surface area contributed by atoms with Gasteiger partial charge < -0.3 is 14.2 Å². The zero-order chi connectivity index (χ0) is 46.5. The Morgan fingerprint density at radius 3 is 0.953 bits per heavy atom. The van der Waals surface area contributed by atoms with Crippen LogP contribution < -0.4 is 0 Å². The summed E-state index contributed by atoms with van der Waals surface area (Å²) in [6.07, 6.45) is 66.0. The van der Waals surface area contributed by atoms with Crippen LogP contribution in [0.15, 0.2) is 72.9 Å². The molecule has 0 rings (SSSR count). The van der Waals surface area contributed by atoms with E-state index in [0.29, 0.717) is 19.3 Å². The van der Waals surface area contributed by atoms with Crippen LogP contribution in [0.25, 0.3) is 0 Å². The molecule has 64 heavy (non-hydrogen) atoms. The van der Waals surface area contributed by atoms with Gasteiger partial charge in [-0.15, -0.1) is 0 Å². The minimum Gasteiger partial charge on any atom is -0.462 e. The summed E-state index contributed by atoms with van der Waals surface area (Å²) in [6.45, 7) is 6.47.